The molecule has 1 aliphatic carbocycles. The quantitative estimate of drug-likeness (QED) is 0.420. The molecule has 2 atom stereocenters. The van der Waals surface area contributed by atoms with E-state index in [1.54, 1.807) is 25.3 Å². The third kappa shape index (κ3) is 3.86. The van der Waals surface area contributed by atoms with E-state index in [0.717, 1.165) is 31.6 Å². The van der Waals surface area contributed by atoms with E-state index in [-0.39, 0.29) is 5.91 Å². The average Bonchev–Trinajstić information content (AvgIpc) is 3.27. The van der Waals surface area contributed by atoms with E-state index in [9.17, 15) is 4.79 Å². The normalized spacial score (nSPS) is 26.2. The molecule has 0 saturated heterocycles. The van der Waals surface area contributed by atoms with Crippen molar-refractivity contribution in [3.05, 3.63) is 35.3 Å². The average molecular weight is 425 g/mol. The van der Waals surface area contributed by atoms with E-state index in [1.165, 1.54) is 12.8 Å². The van der Waals surface area contributed by atoms with Crippen molar-refractivity contribution in [2.45, 2.75) is 57.0 Å². The van der Waals surface area contributed by atoms with Crippen molar-refractivity contribution in [1.82, 2.24) is 20.4 Å². The molecule has 166 valence electrons. The summed E-state index contributed by atoms with van der Waals surface area (Å²) in [5.41, 5.74) is 8.61. The van der Waals surface area contributed by atoms with Gasteiger partial charge in [-0.05, 0) is 37.5 Å². The second kappa shape index (κ2) is 8.23. The number of hydrogen-bond acceptors (Lipinski definition) is 7. The Kier molecular flexibility index (Phi) is 5.63. The molecule has 2 heterocycles. The predicted molar refractivity (Wildman–Crippen MR) is 121 cm³/mol. The molecule has 31 heavy (non-hydrogen) atoms. The highest BCUT2D eigenvalue weighted by Crippen LogP contribution is 2.35. The number of amides is 1. The van der Waals surface area contributed by atoms with Crippen LogP contribution in [-0.4, -0.2) is 54.4 Å². The first-order valence-corrected chi connectivity index (χ1v) is 10.9. The lowest BCUT2D eigenvalue weighted by Crippen LogP contribution is -2.76. The summed E-state index contributed by atoms with van der Waals surface area (Å²) in [5.74, 6) is 2.36. The maximum atomic E-state index is 13.2. The zero-order chi connectivity index (χ0) is 22.2. The largest absolute Gasteiger partial charge is 0.495 e. The fourth-order valence-electron chi connectivity index (χ4n) is 4.99. The fourth-order valence-corrected chi connectivity index (χ4v) is 4.99. The molecular weight excluding hydrogens is 392 g/mol. The van der Waals surface area contributed by atoms with Crippen molar-refractivity contribution >= 4 is 11.6 Å². The third-order valence-corrected chi connectivity index (χ3v) is 6.47. The van der Waals surface area contributed by atoms with Gasteiger partial charge in [0.25, 0.3) is 5.91 Å². The minimum absolute atomic E-state index is 0.206. The minimum atomic E-state index is -1.38. The zero-order valence-corrected chi connectivity index (χ0v) is 18.5. The maximum absolute atomic E-state index is 13.2. The van der Waals surface area contributed by atoms with Crippen LogP contribution in [0, 0.1) is 12.3 Å². The van der Waals surface area contributed by atoms with Crippen LogP contribution in [0.25, 0.3) is 0 Å². The predicted octanol–water partition coefficient (Wildman–Crippen LogP) is 1.52. The van der Waals surface area contributed by atoms with Crippen LogP contribution in [0.4, 0.5) is 5.69 Å². The van der Waals surface area contributed by atoms with Gasteiger partial charge in [-0.2, -0.15) is 0 Å². The van der Waals surface area contributed by atoms with Crippen molar-refractivity contribution in [3.8, 4) is 18.1 Å². The van der Waals surface area contributed by atoms with Crippen LogP contribution < -0.4 is 26.4 Å². The van der Waals surface area contributed by atoms with Gasteiger partial charge in [0.2, 0.25) is 5.91 Å². The second-order valence-corrected chi connectivity index (χ2v) is 8.56. The molecule has 1 aromatic carbocycles. The van der Waals surface area contributed by atoms with Crippen LogP contribution in [0.2, 0.25) is 0 Å². The molecule has 1 saturated carbocycles. The number of rotatable bonds is 5. The molecule has 0 aromatic heterocycles. The molecule has 2 aliphatic heterocycles. The van der Waals surface area contributed by atoms with Crippen LogP contribution in [0.3, 0.4) is 0 Å². The Morgan fingerprint density at radius 2 is 2.10 bits per heavy atom. The number of hydrogen-bond donors (Lipinski definition) is 4. The Bertz CT molecular complexity index is 932. The summed E-state index contributed by atoms with van der Waals surface area (Å²) in [6.07, 6.45) is 11.2. The van der Waals surface area contributed by atoms with E-state index in [2.05, 4.69) is 33.7 Å². The number of carbonyl (C=O) groups is 1. The van der Waals surface area contributed by atoms with E-state index >= 15 is 0 Å². The van der Waals surface area contributed by atoms with Crippen LogP contribution >= 0.6 is 0 Å². The SMILES string of the molecule is C#Cc1ccc(N[C@@]2(N)NC(=O)C3=C(N2)N(C2CCCC2)C(CC)CN3C)c(OC)c1. The smallest absolute Gasteiger partial charge is 0.275 e. The van der Waals surface area contributed by atoms with Crippen LogP contribution in [0.5, 0.6) is 5.75 Å². The number of ether oxygens (including phenoxy) is 1. The van der Waals surface area contributed by atoms with Gasteiger partial charge in [-0.1, -0.05) is 25.7 Å². The highest BCUT2D eigenvalue weighted by Gasteiger charge is 2.45. The third-order valence-electron chi connectivity index (χ3n) is 6.47. The zero-order valence-electron chi connectivity index (χ0n) is 18.5. The summed E-state index contributed by atoms with van der Waals surface area (Å²) in [6, 6.07) is 6.09. The lowest BCUT2D eigenvalue weighted by atomic mass is 10.0. The number of methoxy groups -OCH3 is 1. The number of likely N-dealkylation sites (N-methyl/N-ethyl adjacent to an activating group) is 1. The molecule has 1 aromatic rings. The number of carbonyl (C=O) groups excluding carboxylic acids is 1. The summed E-state index contributed by atoms with van der Waals surface area (Å²) in [5, 5.41) is 9.52. The standard InChI is InChI=1S/C23H32N6O2/c1-5-15-11-12-18(19(13-15)31-4)25-23(24)26-21-20(22(30)27-23)28(3)14-16(6-2)29(21)17-9-7-8-10-17/h1,11-13,16-17,25-26H,6-10,14,24H2,2-4H3,(H,27,30)/t16?,23-/m1/s1. The summed E-state index contributed by atoms with van der Waals surface area (Å²) in [4.78, 5) is 17.6. The molecule has 3 aliphatic rings. The number of nitrogens with two attached hydrogens (primary N) is 1. The van der Waals surface area contributed by atoms with Crippen molar-refractivity contribution in [1.29, 1.82) is 0 Å². The Morgan fingerprint density at radius 3 is 2.74 bits per heavy atom. The maximum Gasteiger partial charge on any atom is 0.275 e. The van der Waals surface area contributed by atoms with Gasteiger partial charge >= 0.3 is 0 Å². The molecule has 1 unspecified atom stereocenters. The topological polar surface area (TPSA) is 94.9 Å². The molecule has 0 bridgehead atoms. The van der Waals surface area contributed by atoms with Crippen molar-refractivity contribution in [3.63, 3.8) is 0 Å². The Hall–Kier alpha value is -3.05. The van der Waals surface area contributed by atoms with Crippen molar-refractivity contribution < 1.29 is 9.53 Å². The first-order valence-electron chi connectivity index (χ1n) is 10.9. The molecular formula is C23H32N6O2. The molecule has 5 N–H and O–H groups in total. The molecule has 4 rings (SSSR count). The van der Waals surface area contributed by atoms with E-state index in [4.69, 9.17) is 16.9 Å². The lowest BCUT2D eigenvalue weighted by Gasteiger charge is -2.52. The molecule has 1 amide bonds. The summed E-state index contributed by atoms with van der Waals surface area (Å²) in [6.45, 7) is 3.01. The fraction of sp³-hybridized carbons (Fsp3) is 0.522. The van der Waals surface area contributed by atoms with Gasteiger partial charge < -0.3 is 25.2 Å². The van der Waals surface area contributed by atoms with Gasteiger partial charge in [0.05, 0.1) is 12.8 Å². The van der Waals surface area contributed by atoms with Crippen LogP contribution in [0.1, 0.15) is 44.6 Å². The van der Waals surface area contributed by atoms with E-state index in [1.807, 2.05) is 11.9 Å². The summed E-state index contributed by atoms with van der Waals surface area (Å²) >= 11 is 0. The summed E-state index contributed by atoms with van der Waals surface area (Å²) in [7, 11) is 3.53. The highest BCUT2D eigenvalue weighted by molar-refractivity contribution is 5.95. The minimum Gasteiger partial charge on any atom is -0.495 e. The van der Waals surface area contributed by atoms with Gasteiger partial charge in [-0.15, -0.1) is 6.42 Å². The van der Waals surface area contributed by atoms with Gasteiger partial charge in [-0.25, -0.2) is 0 Å². The van der Waals surface area contributed by atoms with Gasteiger partial charge in [-0.3, -0.25) is 15.8 Å². The Balaban J connectivity index is 1.69. The lowest BCUT2D eigenvalue weighted by molar-refractivity contribution is -0.123. The number of nitrogens with zero attached hydrogens (tertiary/aromatic N) is 2. The van der Waals surface area contributed by atoms with E-state index < -0.39 is 5.91 Å². The summed E-state index contributed by atoms with van der Waals surface area (Å²) < 4.78 is 5.48. The van der Waals surface area contributed by atoms with Crippen molar-refractivity contribution in [2.24, 2.45) is 5.73 Å². The molecule has 1 fully saturated rings. The first kappa shape index (κ1) is 21.2. The van der Waals surface area contributed by atoms with Crippen LogP contribution in [0.15, 0.2) is 29.7 Å². The monoisotopic (exact) mass is 424 g/mol. The molecule has 8 heteroatoms. The number of benzene rings is 1. The Morgan fingerprint density at radius 1 is 1.35 bits per heavy atom. The number of nitrogens with one attached hydrogen (secondary N) is 3. The van der Waals surface area contributed by atoms with Gasteiger partial charge in [0.1, 0.15) is 17.3 Å². The first-order chi connectivity index (χ1) is 14.9. The molecule has 8 nitrogen and oxygen atoms in total. The number of anilines is 1. The van der Waals surface area contributed by atoms with Crippen LogP contribution in [-0.2, 0) is 4.79 Å². The van der Waals surface area contributed by atoms with Crippen molar-refractivity contribution in [2.75, 3.05) is 26.0 Å². The second-order valence-electron chi connectivity index (χ2n) is 8.56. The Labute approximate surface area is 184 Å². The van der Waals surface area contributed by atoms with Gasteiger partial charge in [0, 0.05) is 31.2 Å². The van der Waals surface area contributed by atoms with E-state index in [0.29, 0.717) is 34.8 Å². The number of terminal acetylenes is 1. The molecule has 0 spiro atoms. The molecule has 0 radical (unpaired) electrons. The highest BCUT2D eigenvalue weighted by atomic mass is 16.5. The van der Waals surface area contributed by atoms with Gasteiger partial charge in [0.15, 0.2) is 0 Å².